The highest BCUT2D eigenvalue weighted by Crippen LogP contribution is 2.27. The van der Waals surface area contributed by atoms with Gasteiger partial charge < -0.3 is 10.0 Å². The normalized spacial score (nSPS) is 19.2. The highest BCUT2D eigenvalue weighted by Gasteiger charge is 2.28. The van der Waals surface area contributed by atoms with Crippen LogP contribution in [-0.4, -0.2) is 33.6 Å². The second kappa shape index (κ2) is 5.55. The summed E-state index contributed by atoms with van der Waals surface area (Å²) in [6.45, 7) is 6.97. The van der Waals surface area contributed by atoms with E-state index in [9.17, 15) is 4.79 Å². The highest BCUT2D eigenvalue weighted by atomic mass is 16.4. The lowest BCUT2D eigenvalue weighted by molar-refractivity contribution is -0.137. The molecule has 0 bridgehead atoms. The smallest absolute Gasteiger partial charge is 0.305 e. The van der Waals surface area contributed by atoms with Crippen molar-refractivity contribution in [3.63, 3.8) is 0 Å². The first-order valence-electron chi connectivity index (χ1n) is 6.81. The zero-order valence-electron chi connectivity index (χ0n) is 11.8. The summed E-state index contributed by atoms with van der Waals surface area (Å²) < 4.78 is 0. The van der Waals surface area contributed by atoms with Crippen LogP contribution < -0.4 is 4.90 Å². The Bertz CT molecular complexity index is 474. The standard InChI is InChI=1S/C14H21N3O2/c1-9(2)14-15-10(3)7-12(16-14)17-6-4-5-11(17)8-13(18)19/h7,9,11H,4-6,8H2,1-3H3,(H,18,19). The summed E-state index contributed by atoms with van der Waals surface area (Å²) in [6, 6.07) is 2.01. The second-order valence-electron chi connectivity index (χ2n) is 5.47. The van der Waals surface area contributed by atoms with Crippen LogP contribution in [0, 0.1) is 6.92 Å². The van der Waals surface area contributed by atoms with E-state index in [0.29, 0.717) is 0 Å². The van der Waals surface area contributed by atoms with Crippen LogP contribution >= 0.6 is 0 Å². The largest absolute Gasteiger partial charge is 0.481 e. The molecule has 0 aliphatic carbocycles. The molecular formula is C14H21N3O2. The molecule has 19 heavy (non-hydrogen) atoms. The number of carboxylic acid groups (broad SMARTS) is 1. The van der Waals surface area contributed by atoms with Gasteiger partial charge >= 0.3 is 5.97 Å². The lowest BCUT2D eigenvalue weighted by atomic mass is 10.1. The summed E-state index contributed by atoms with van der Waals surface area (Å²) in [4.78, 5) is 22.1. The van der Waals surface area contributed by atoms with Gasteiger partial charge in [-0.1, -0.05) is 13.8 Å². The van der Waals surface area contributed by atoms with Crippen LogP contribution in [0.15, 0.2) is 6.07 Å². The number of hydrogen-bond donors (Lipinski definition) is 1. The molecule has 1 N–H and O–H groups in total. The minimum atomic E-state index is -0.744. The van der Waals surface area contributed by atoms with E-state index in [1.54, 1.807) is 0 Å². The SMILES string of the molecule is Cc1cc(N2CCCC2CC(=O)O)nc(C(C)C)n1. The number of anilines is 1. The van der Waals surface area contributed by atoms with Crippen LogP contribution in [0.3, 0.4) is 0 Å². The molecule has 1 aromatic heterocycles. The molecule has 5 nitrogen and oxygen atoms in total. The van der Waals surface area contributed by atoms with Gasteiger partial charge in [-0.2, -0.15) is 0 Å². The van der Waals surface area contributed by atoms with Crippen molar-refractivity contribution in [3.05, 3.63) is 17.6 Å². The Balaban J connectivity index is 2.27. The maximum atomic E-state index is 10.9. The molecule has 2 heterocycles. The molecule has 0 saturated carbocycles. The summed E-state index contributed by atoms with van der Waals surface area (Å²) in [5.41, 5.74) is 0.940. The Hall–Kier alpha value is -1.65. The third-order valence-corrected chi connectivity index (χ3v) is 3.46. The highest BCUT2D eigenvalue weighted by molar-refractivity contribution is 5.68. The maximum Gasteiger partial charge on any atom is 0.305 e. The van der Waals surface area contributed by atoms with E-state index in [-0.39, 0.29) is 18.4 Å². The second-order valence-corrected chi connectivity index (χ2v) is 5.47. The maximum absolute atomic E-state index is 10.9. The van der Waals surface area contributed by atoms with Gasteiger partial charge in [0.2, 0.25) is 0 Å². The molecule has 0 amide bonds. The molecule has 1 fully saturated rings. The van der Waals surface area contributed by atoms with Gasteiger partial charge in [-0.15, -0.1) is 0 Å². The Morgan fingerprint density at radius 1 is 1.53 bits per heavy atom. The average molecular weight is 263 g/mol. The fourth-order valence-electron chi connectivity index (χ4n) is 2.53. The first kappa shape index (κ1) is 13.8. The molecule has 2 rings (SSSR count). The van der Waals surface area contributed by atoms with E-state index in [1.165, 1.54) is 0 Å². The topological polar surface area (TPSA) is 66.3 Å². The molecule has 1 aromatic rings. The van der Waals surface area contributed by atoms with Crippen LogP contribution in [0.1, 0.15) is 50.5 Å². The van der Waals surface area contributed by atoms with E-state index in [2.05, 4.69) is 28.7 Å². The molecule has 1 aliphatic rings. The van der Waals surface area contributed by atoms with Gasteiger partial charge in [-0.3, -0.25) is 4.79 Å². The number of carboxylic acids is 1. The van der Waals surface area contributed by atoms with Gasteiger partial charge in [0.1, 0.15) is 11.6 Å². The molecule has 5 heteroatoms. The van der Waals surface area contributed by atoms with E-state index < -0.39 is 5.97 Å². The molecule has 0 aromatic carbocycles. The fourth-order valence-corrected chi connectivity index (χ4v) is 2.53. The fraction of sp³-hybridized carbons (Fsp3) is 0.643. The van der Waals surface area contributed by atoms with E-state index in [1.807, 2.05) is 13.0 Å². The number of aliphatic carboxylic acids is 1. The van der Waals surface area contributed by atoms with Gasteiger partial charge in [-0.05, 0) is 19.8 Å². The first-order valence-corrected chi connectivity index (χ1v) is 6.81. The van der Waals surface area contributed by atoms with Crippen LogP contribution in [-0.2, 0) is 4.79 Å². The van der Waals surface area contributed by atoms with Crippen molar-refractivity contribution < 1.29 is 9.90 Å². The molecule has 1 saturated heterocycles. The quantitative estimate of drug-likeness (QED) is 0.903. The third-order valence-electron chi connectivity index (χ3n) is 3.46. The predicted molar refractivity (Wildman–Crippen MR) is 73.5 cm³/mol. The molecule has 104 valence electrons. The minimum absolute atomic E-state index is 0.0619. The Kier molecular flexibility index (Phi) is 4.02. The predicted octanol–water partition coefficient (Wildman–Crippen LogP) is 2.35. The molecular weight excluding hydrogens is 242 g/mol. The van der Waals surface area contributed by atoms with Crippen molar-refractivity contribution in [2.75, 3.05) is 11.4 Å². The van der Waals surface area contributed by atoms with E-state index in [0.717, 1.165) is 36.7 Å². The van der Waals surface area contributed by atoms with Gasteiger partial charge in [0, 0.05) is 30.3 Å². The number of hydrogen-bond acceptors (Lipinski definition) is 4. The van der Waals surface area contributed by atoms with E-state index in [4.69, 9.17) is 5.11 Å². The molecule has 1 unspecified atom stereocenters. The Morgan fingerprint density at radius 3 is 2.89 bits per heavy atom. The van der Waals surface area contributed by atoms with Crippen molar-refractivity contribution in [1.82, 2.24) is 9.97 Å². The van der Waals surface area contributed by atoms with Crippen molar-refractivity contribution in [2.24, 2.45) is 0 Å². The summed E-state index contributed by atoms with van der Waals surface area (Å²) in [5, 5.41) is 8.98. The number of rotatable bonds is 4. The summed E-state index contributed by atoms with van der Waals surface area (Å²) in [6.07, 6.45) is 2.13. The van der Waals surface area contributed by atoms with Crippen molar-refractivity contribution >= 4 is 11.8 Å². The molecule has 1 atom stereocenters. The third kappa shape index (κ3) is 3.22. The lowest BCUT2D eigenvalue weighted by Crippen LogP contribution is -2.32. The van der Waals surface area contributed by atoms with Crippen LogP contribution in [0.5, 0.6) is 0 Å². The van der Waals surface area contributed by atoms with Crippen molar-refractivity contribution in [2.45, 2.75) is 52.0 Å². The van der Waals surface area contributed by atoms with Gasteiger partial charge in [-0.25, -0.2) is 9.97 Å². The first-order chi connectivity index (χ1) is 8.97. The summed E-state index contributed by atoms with van der Waals surface area (Å²) >= 11 is 0. The lowest BCUT2D eigenvalue weighted by Gasteiger charge is -2.25. The average Bonchev–Trinajstić information content (AvgIpc) is 2.75. The minimum Gasteiger partial charge on any atom is -0.481 e. The summed E-state index contributed by atoms with van der Waals surface area (Å²) in [7, 11) is 0. The van der Waals surface area contributed by atoms with Crippen LogP contribution in [0.4, 0.5) is 5.82 Å². The molecule has 1 aliphatic heterocycles. The number of carbonyl (C=O) groups is 1. The number of aryl methyl sites for hydroxylation is 1. The number of aromatic nitrogens is 2. The molecule has 0 radical (unpaired) electrons. The van der Waals surface area contributed by atoms with Crippen LogP contribution in [0.25, 0.3) is 0 Å². The van der Waals surface area contributed by atoms with Crippen molar-refractivity contribution in [1.29, 1.82) is 0 Å². The van der Waals surface area contributed by atoms with Gasteiger partial charge in [0.05, 0.1) is 6.42 Å². The monoisotopic (exact) mass is 263 g/mol. The molecule has 0 spiro atoms. The van der Waals surface area contributed by atoms with Gasteiger partial charge in [0.25, 0.3) is 0 Å². The summed E-state index contributed by atoms with van der Waals surface area (Å²) in [5.74, 6) is 1.24. The van der Waals surface area contributed by atoms with E-state index >= 15 is 0 Å². The zero-order valence-corrected chi connectivity index (χ0v) is 11.8. The van der Waals surface area contributed by atoms with Gasteiger partial charge in [0.15, 0.2) is 0 Å². The zero-order chi connectivity index (χ0) is 14.0. The number of nitrogens with zero attached hydrogens (tertiary/aromatic N) is 3. The van der Waals surface area contributed by atoms with Crippen LogP contribution in [0.2, 0.25) is 0 Å². The Morgan fingerprint density at radius 2 is 2.26 bits per heavy atom. The Labute approximate surface area is 113 Å². The van der Waals surface area contributed by atoms with Crippen molar-refractivity contribution in [3.8, 4) is 0 Å².